The van der Waals surface area contributed by atoms with E-state index < -0.39 is 34.3 Å². The predicted molar refractivity (Wildman–Crippen MR) is 157 cm³/mol. The second kappa shape index (κ2) is 14.3. The maximum Gasteiger partial charge on any atom is 0.244 e. The number of nitrogens with one attached hydrogen (secondary N) is 1. The van der Waals surface area contributed by atoms with E-state index in [1.165, 1.54) is 17.0 Å². The van der Waals surface area contributed by atoms with Crippen LogP contribution < -0.4 is 9.62 Å². The van der Waals surface area contributed by atoms with Crippen molar-refractivity contribution in [1.29, 1.82) is 0 Å². The number of hydrogen-bond acceptors (Lipinski definition) is 4. The van der Waals surface area contributed by atoms with Gasteiger partial charge in [-0.15, -0.1) is 0 Å². The van der Waals surface area contributed by atoms with Gasteiger partial charge >= 0.3 is 0 Å². The molecule has 214 valence electrons. The van der Waals surface area contributed by atoms with E-state index in [1.807, 2.05) is 37.3 Å². The minimum Gasteiger partial charge on any atom is -0.354 e. The van der Waals surface area contributed by atoms with Gasteiger partial charge < -0.3 is 10.2 Å². The fraction of sp³-hybridized carbons (Fsp3) is 0.333. The van der Waals surface area contributed by atoms with E-state index in [0.717, 1.165) is 29.0 Å². The lowest BCUT2D eigenvalue weighted by Crippen LogP contribution is -2.53. The molecule has 0 aromatic heterocycles. The van der Waals surface area contributed by atoms with Gasteiger partial charge in [0.1, 0.15) is 18.4 Å². The number of halogens is 2. The Labute approximate surface area is 241 Å². The SMILES string of the molecule is CCCCNC(=O)[C@H](Cc1ccccc1)N(Cc1ccc(F)cc1)C(=O)CN(c1ccc(Cl)cc1C)S(C)(=O)=O. The zero-order chi connectivity index (χ0) is 29.3. The molecule has 0 fully saturated rings. The third-order valence-corrected chi connectivity index (χ3v) is 7.84. The second-order valence-corrected chi connectivity index (χ2v) is 12.0. The van der Waals surface area contributed by atoms with Gasteiger partial charge in [0.15, 0.2) is 0 Å². The minimum absolute atomic E-state index is 0.0188. The van der Waals surface area contributed by atoms with Gasteiger partial charge in [-0.1, -0.05) is 67.4 Å². The van der Waals surface area contributed by atoms with E-state index in [4.69, 9.17) is 11.6 Å². The summed E-state index contributed by atoms with van der Waals surface area (Å²) in [5.41, 5.74) is 2.33. The van der Waals surface area contributed by atoms with Gasteiger partial charge in [-0.05, 0) is 60.4 Å². The van der Waals surface area contributed by atoms with Crippen molar-refractivity contribution >= 4 is 39.1 Å². The summed E-state index contributed by atoms with van der Waals surface area (Å²) in [7, 11) is -3.89. The van der Waals surface area contributed by atoms with Crippen LogP contribution in [0.3, 0.4) is 0 Å². The van der Waals surface area contributed by atoms with E-state index in [-0.39, 0.29) is 18.9 Å². The van der Waals surface area contributed by atoms with Crippen LogP contribution >= 0.6 is 11.6 Å². The summed E-state index contributed by atoms with van der Waals surface area (Å²) < 4.78 is 40.5. The molecule has 0 heterocycles. The number of amides is 2. The standard InChI is InChI=1S/C30H35ClFN3O4S/c1-4-5-17-33-30(37)28(19-23-9-7-6-8-10-23)34(20-24-11-14-26(32)15-12-24)29(36)21-35(40(3,38)39)27-16-13-25(31)18-22(27)2/h6-16,18,28H,4-5,17,19-21H2,1-3H3,(H,33,37)/t28-/m0/s1. The summed E-state index contributed by atoms with van der Waals surface area (Å²) in [6.45, 7) is 3.61. The molecule has 1 atom stereocenters. The summed E-state index contributed by atoms with van der Waals surface area (Å²) in [5.74, 6) is -1.35. The Morgan fingerprint density at radius 2 is 1.68 bits per heavy atom. The monoisotopic (exact) mass is 587 g/mol. The highest BCUT2D eigenvalue weighted by Crippen LogP contribution is 2.26. The van der Waals surface area contributed by atoms with Crippen molar-refractivity contribution in [3.8, 4) is 0 Å². The molecule has 7 nitrogen and oxygen atoms in total. The molecule has 0 saturated heterocycles. The lowest BCUT2D eigenvalue weighted by molar-refractivity contribution is -0.140. The molecule has 0 aliphatic carbocycles. The molecule has 3 aromatic carbocycles. The van der Waals surface area contributed by atoms with Crippen LogP contribution in [-0.2, 0) is 32.6 Å². The molecular weight excluding hydrogens is 553 g/mol. The van der Waals surface area contributed by atoms with Crippen molar-refractivity contribution in [1.82, 2.24) is 10.2 Å². The molecular formula is C30H35ClFN3O4S. The number of benzene rings is 3. The number of aryl methyl sites for hydroxylation is 1. The Kier molecular flexibility index (Phi) is 11.1. The van der Waals surface area contributed by atoms with Gasteiger partial charge in [0.05, 0.1) is 11.9 Å². The van der Waals surface area contributed by atoms with Crippen molar-refractivity contribution < 1.29 is 22.4 Å². The van der Waals surface area contributed by atoms with Crippen molar-refractivity contribution in [3.63, 3.8) is 0 Å². The van der Waals surface area contributed by atoms with Crippen LogP contribution in [0, 0.1) is 12.7 Å². The summed E-state index contributed by atoms with van der Waals surface area (Å²) in [6, 6.07) is 18.7. The van der Waals surface area contributed by atoms with E-state index in [1.54, 1.807) is 37.3 Å². The van der Waals surface area contributed by atoms with Crippen LogP contribution in [0.4, 0.5) is 10.1 Å². The third-order valence-electron chi connectivity index (χ3n) is 6.47. The van der Waals surface area contributed by atoms with Gasteiger partial charge in [-0.2, -0.15) is 0 Å². The van der Waals surface area contributed by atoms with E-state index >= 15 is 0 Å². The zero-order valence-corrected chi connectivity index (χ0v) is 24.5. The largest absolute Gasteiger partial charge is 0.354 e. The number of rotatable bonds is 13. The Morgan fingerprint density at radius 1 is 1.00 bits per heavy atom. The second-order valence-electron chi connectivity index (χ2n) is 9.70. The van der Waals surface area contributed by atoms with Crippen molar-refractivity contribution in [2.45, 2.75) is 45.7 Å². The Balaban J connectivity index is 2.04. The molecule has 0 spiro atoms. The van der Waals surface area contributed by atoms with E-state index in [9.17, 15) is 22.4 Å². The van der Waals surface area contributed by atoms with Crippen LogP contribution in [-0.4, -0.2) is 50.5 Å². The number of nitrogens with zero attached hydrogens (tertiary/aromatic N) is 2. The fourth-order valence-corrected chi connectivity index (χ4v) is 5.47. The highest BCUT2D eigenvalue weighted by Gasteiger charge is 2.33. The number of hydrogen-bond donors (Lipinski definition) is 1. The zero-order valence-electron chi connectivity index (χ0n) is 22.9. The first-order valence-corrected chi connectivity index (χ1v) is 15.3. The highest BCUT2D eigenvalue weighted by molar-refractivity contribution is 7.92. The fourth-order valence-electron chi connectivity index (χ4n) is 4.34. The van der Waals surface area contributed by atoms with Crippen LogP contribution in [0.2, 0.25) is 5.02 Å². The normalized spacial score (nSPS) is 12.0. The Hall–Kier alpha value is -3.43. The average molecular weight is 588 g/mol. The molecule has 2 amide bonds. The van der Waals surface area contributed by atoms with Gasteiger partial charge in [-0.25, -0.2) is 12.8 Å². The summed E-state index contributed by atoms with van der Waals surface area (Å²) in [4.78, 5) is 29.0. The van der Waals surface area contributed by atoms with Gasteiger partial charge in [0.25, 0.3) is 0 Å². The smallest absolute Gasteiger partial charge is 0.244 e. The number of unbranched alkanes of at least 4 members (excludes halogenated alkanes) is 1. The first kappa shape index (κ1) is 31.1. The highest BCUT2D eigenvalue weighted by atomic mass is 35.5. The van der Waals surface area contributed by atoms with Crippen LogP contribution in [0.1, 0.15) is 36.5 Å². The number of carbonyl (C=O) groups excluding carboxylic acids is 2. The molecule has 0 bridgehead atoms. The number of anilines is 1. The maximum absolute atomic E-state index is 14.0. The molecule has 0 aliphatic heterocycles. The molecule has 10 heteroatoms. The topological polar surface area (TPSA) is 86.8 Å². The average Bonchev–Trinajstić information content (AvgIpc) is 2.90. The summed E-state index contributed by atoms with van der Waals surface area (Å²) in [5, 5.41) is 3.36. The van der Waals surface area contributed by atoms with E-state index in [2.05, 4.69) is 5.32 Å². The van der Waals surface area contributed by atoms with Crippen LogP contribution in [0.25, 0.3) is 0 Å². The maximum atomic E-state index is 14.0. The Bertz CT molecular complexity index is 1400. The predicted octanol–water partition coefficient (Wildman–Crippen LogP) is 5.11. The Morgan fingerprint density at radius 3 is 2.27 bits per heavy atom. The molecule has 1 N–H and O–H groups in total. The van der Waals surface area contributed by atoms with Crippen molar-refractivity contribution in [3.05, 3.63) is 100 Å². The lowest BCUT2D eigenvalue weighted by atomic mass is 10.0. The number of sulfonamides is 1. The molecule has 0 aliphatic rings. The van der Waals surface area contributed by atoms with E-state index in [0.29, 0.717) is 28.4 Å². The van der Waals surface area contributed by atoms with Crippen molar-refractivity contribution in [2.24, 2.45) is 0 Å². The van der Waals surface area contributed by atoms with Crippen LogP contribution in [0.5, 0.6) is 0 Å². The third kappa shape index (κ3) is 8.79. The quantitative estimate of drug-likeness (QED) is 0.282. The lowest BCUT2D eigenvalue weighted by Gasteiger charge is -2.33. The molecule has 3 aromatic rings. The number of carbonyl (C=O) groups is 2. The van der Waals surface area contributed by atoms with Crippen LogP contribution in [0.15, 0.2) is 72.8 Å². The van der Waals surface area contributed by atoms with Gasteiger partial charge in [0.2, 0.25) is 21.8 Å². The molecule has 0 saturated carbocycles. The van der Waals surface area contributed by atoms with Crippen molar-refractivity contribution in [2.75, 3.05) is 23.7 Å². The summed E-state index contributed by atoms with van der Waals surface area (Å²) in [6.07, 6.45) is 2.89. The molecule has 3 rings (SSSR count). The molecule has 0 unspecified atom stereocenters. The van der Waals surface area contributed by atoms with Gasteiger partial charge in [-0.3, -0.25) is 13.9 Å². The first-order valence-electron chi connectivity index (χ1n) is 13.1. The minimum atomic E-state index is -3.89. The summed E-state index contributed by atoms with van der Waals surface area (Å²) >= 11 is 6.08. The first-order chi connectivity index (χ1) is 19.0. The molecule has 40 heavy (non-hydrogen) atoms. The molecule has 0 radical (unpaired) electrons. The van der Waals surface area contributed by atoms with Gasteiger partial charge in [0, 0.05) is 24.5 Å².